The minimum absolute atomic E-state index is 0.192. The lowest BCUT2D eigenvalue weighted by Crippen LogP contribution is -2.30. The van der Waals surface area contributed by atoms with Gasteiger partial charge >= 0.3 is 5.97 Å². The van der Waals surface area contributed by atoms with Gasteiger partial charge in [-0.2, -0.15) is 0 Å². The number of esters is 1. The summed E-state index contributed by atoms with van der Waals surface area (Å²) in [5.74, 6) is -1.35. The number of amides is 2. The quantitative estimate of drug-likeness (QED) is 0.350. The Morgan fingerprint density at radius 2 is 1.35 bits per heavy atom. The Kier molecular flexibility index (Phi) is 8.43. The molecule has 0 radical (unpaired) electrons. The number of benzene rings is 2. The van der Waals surface area contributed by atoms with Crippen molar-refractivity contribution in [1.29, 1.82) is 0 Å². The van der Waals surface area contributed by atoms with E-state index in [-0.39, 0.29) is 11.5 Å². The topological polar surface area (TPSA) is 97.4 Å². The molecule has 176 valence electrons. The zero-order valence-electron chi connectivity index (χ0n) is 19.5. The summed E-state index contributed by atoms with van der Waals surface area (Å²) in [5, 5.41) is 5.41. The summed E-state index contributed by atoms with van der Waals surface area (Å²) in [6, 6.07) is 18.0. The van der Waals surface area contributed by atoms with Crippen molar-refractivity contribution in [1.82, 2.24) is 4.98 Å². The number of carbonyl (C=O) groups excluding carboxylic acids is 3. The van der Waals surface area contributed by atoms with Gasteiger partial charge < -0.3 is 15.4 Å². The molecule has 8 heteroatoms. The molecule has 0 fully saturated rings. The third kappa shape index (κ3) is 6.92. The second-order valence-electron chi connectivity index (χ2n) is 7.87. The minimum atomic E-state index is -1.02. The summed E-state index contributed by atoms with van der Waals surface area (Å²) >= 11 is 1.14. The van der Waals surface area contributed by atoms with Gasteiger partial charge in [0.15, 0.2) is 6.10 Å². The number of anilines is 2. The number of hydrogen-bond donors (Lipinski definition) is 2. The van der Waals surface area contributed by atoms with Gasteiger partial charge in [0.1, 0.15) is 5.03 Å². The molecule has 0 saturated heterocycles. The molecule has 0 saturated carbocycles. The molecule has 2 amide bonds. The predicted octanol–water partition coefficient (Wildman–Crippen LogP) is 5.00. The molecule has 2 unspecified atom stereocenters. The number of thioether (sulfide) groups is 1. The van der Waals surface area contributed by atoms with Crippen LogP contribution in [0.5, 0.6) is 0 Å². The van der Waals surface area contributed by atoms with E-state index in [1.807, 2.05) is 50.2 Å². The van der Waals surface area contributed by atoms with Crippen LogP contribution >= 0.6 is 11.8 Å². The number of hydrogen-bond acceptors (Lipinski definition) is 6. The van der Waals surface area contributed by atoms with Crippen LogP contribution in [0.25, 0.3) is 0 Å². The van der Waals surface area contributed by atoms with Crippen LogP contribution in [0, 0.1) is 13.8 Å². The van der Waals surface area contributed by atoms with Gasteiger partial charge in [-0.15, -0.1) is 0 Å². The molecule has 1 heterocycles. The molecule has 3 aromatic rings. The van der Waals surface area contributed by atoms with Crippen LogP contribution in [-0.4, -0.2) is 34.1 Å². The first-order valence-corrected chi connectivity index (χ1v) is 11.7. The van der Waals surface area contributed by atoms with Gasteiger partial charge in [0.2, 0.25) is 5.91 Å². The molecule has 3 rings (SSSR count). The average molecular weight is 478 g/mol. The summed E-state index contributed by atoms with van der Waals surface area (Å²) in [4.78, 5) is 42.1. The van der Waals surface area contributed by atoms with Crippen LogP contribution in [0.15, 0.2) is 71.9 Å². The summed E-state index contributed by atoms with van der Waals surface area (Å²) in [6.07, 6.45) is 0.520. The SMILES string of the molecule is Cc1ccc(NC(=O)C(C)OC(=O)c2cccnc2SC(C)C(=O)Nc2ccc(C)cc2)cc1. The highest BCUT2D eigenvalue weighted by atomic mass is 32.2. The van der Waals surface area contributed by atoms with Crippen LogP contribution < -0.4 is 10.6 Å². The Labute approximate surface area is 203 Å². The lowest BCUT2D eigenvalue weighted by atomic mass is 10.2. The number of carbonyl (C=O) groups is 3. The Morgan fingerprint density at radius 3 is 1.91 bits per heavy atom. The Hall–Kier alpha value is -3.65. The van der Waals surface area contributed by atoms with Crippen LogP contribution in [0.1, 0.15) is 35.3 Å². The second kappa shape index (κ2) is 11.5. The highest BCUT2D eigenvalue weighted by Gasteiger charge is 2.24. The van der Waals surface area contributed by atoms with E-state index in [1.54, 1.807) is 31.2 Å². The molecule has 0 aliphatic carbocycles. The van der Waals surface area contributed by atoms with Crippen LogP contribution in [0.2, 0.25) is 0 Å². The molecule has 0 bridgehead atoms. The number of rotatable bonds is 8. The van der Waals surface area contributed by atoms with Gasteiger partial charge in [-0.25, -0.2) is 9.78 Å². The van der Waals surface area contributed by atoms with Crippen molar-refractivity contribution in [2.75, 3.05) is 10.6 Å². The molecular formula is C26H27N3O4S. The van der Waals surface area contributed by atoms with E-state index < -0.39 is 23.2 Å². The fraction of sp³-hybridized carbons (Fsp3) is 0.231. The molecule has 0 aliphatic heterocycles. The first-order valence-electron chi connectivity index (χ1n) is 10.8. The fourth-order valence-electron chi connectivity index (χ4n) is 2.90. The number of pyridine rings is 1. The van der Waals surface area contributed by atoms with Crippen molar-refractivity contribution < 1.29 is 19.1 Å². The van der Waals surface area contributed by atoms with Gasteiger partial charge in [-0.1, -0.05) is 47.2 Å². The Balaban J connectivity index is 1.62. The minimum Gasteiger partial charge on any atom is -0.449 e. The maximum absolute atomic E-state index is 12.8. The van der Waals surface area contributed by atoms with E-state index in [0.717, 1.165) is 22.9 Å². The van der Waals surface area contributed by atoms with Crippen molar-refractivity contribution in [3.8, 4) is 0 Å². The lowest BCUT2D eigenvalue weighted by Gasteiger charge is -2.16. The normalized spacial score (nSPS) is 12.4. The number of nitrogens with one attached hydrogen (secondary N) is 2. The van der Waals surface area contributed by atoms with E-state index in [0.29, 0.717) is 16.4 Å². The average Bonchev–Trinajstić information content (AvgIpc) is 2.82. The third-order valence-corrected chi connectivity index (χ3v) is 6.06. The maximum Gasteiger partial charge on any atom is 0.341 e. The van der Waals surface area contributed by atoms with Crippen LogP contribution in [0.4, 0.5) is 11.4 Å². The molecule has 1 aromatic heterocycles. The summed E-state index contributed by atoms with van der Waals surface area (Å²) in [6.45, 7) is 7.16. The van der Waals surface area contributed by atoms with Gasteiger partial charge in [-0.05, 0) is 64.1 Å². The summed E-state index contributed by atoms with van der Waals surface area (Å²) in [5.41, 5.74) is 3.67. The highest BCUT2D eigenvalue weighted by Crippen LogP contribution is 2.26. The van der Waals surface area contributed by atoms with Gasteiger partial charge in [0.25, 0.3) is 5.91 Å². The van der Waals surface area contributed by atoms with Gasteiger partial charge in [0.05, 0.1) is 10.8 Å². The molecule has 34 heavy (non-hydrogen) atoms. The number of nitrogens with zero attached hydrogens (tertiary/aromatic N) is 1. The van der Waals surface area contributed by atoms with Crippen molar-refractivity contribution in [2.24, 2.45) is 0 Å². The number of aryl methyl sites for hydroxylation is 2. The standard InChI is InChI=1S/C26H27N3O4S/c1-16-7-11-20(12-8-16)28-23(30)18(3)33-26(32)22-6-5-15-27-25(22)34-19(4)24(31)29-21-13-9-17(2)10-14-21/h5-15,18-19H,1-4H3,(H,28,30)(H,29,31). The van der Waals surface area contributed by atoms with Crippen molar-refractivity contribution in [3.05, 3.63) is 83.6 Å². The van der Waals surface area contributed by atoms with E-state index in [4.69, 9.17) is 4.74 Å². The first kappa shape index (κ1) is 25.0. The largest absolute Gasteiger partial charge is 0.449 e. The van der Waals surface area contributed by atoms with Gasteiger partial charge in [-0.3, -0.25) is 9.59 Å². The van der Waals surface area contributed by atoms with Crippen molar-refractivity contribution in [2.45, 2.75) is 44.1 Å². The molecule has 2 atom stereocenters. The zero-order chi connectivity index (χ0) is 24.7. The predicted molar refractivity (Wildman–Crippen MR) is 134 cm³/mol. The van der Waals surface area contributed by atoms with Gasteiger partial charge in [0, 0.05) is 17.6 Å². The number of aromatic nitrogens is 1. The summed E-state index contributed by atoms with van der Waals surface area (Å²) < 4.78 is 5.38. The van der Waals surface area contributed by atoms with E-state index in [9.17, 15) is 14.4 Å². The Bertz CT molecular complexity index is 1160. The molecule has 0 aliphatic rings. The molecular weight excluding hydrogens is 450 g/mol. The van der Waals surface area contributed by atoms with Crippen LogP contribution in [0.3, 0.4) is 0 Å². The van der Waals surface area contributed by atoms with Crippen molar-refractivity contribution in [3.63, 3.8) is 0 Å². The third-order valence-electron chi connectivity index (χ3n) is 4.94. The van der Waals surface area contributed by atoms with E-state index in [2.05, 4.69) is 15.6 Å². The maximum atomic E-state index is 12.8. The van der Waals surface area contributed by atoms with Crippen molar-refractivity contribution >= 4 is 40.9 Å². The molecule has 0 spiro atoms. The first-order chi connectivity index (χ1) is 16.2. The molecule has 2 aromatic carbocycles. The molecule has 2 N–H and O–H groups in total. The van der Waals surface area contributed by atoms with Crippen LogP contribution in [-0.2, 0) is 14.3 Å². The Morgan fingerprint density at radius 1 is 0.824 bits per heavy atom. The van der Waals surface area contributed by atoms with E-state index >= 15 is 0 Å². The monoisotopic (exact) mass is 477 g/mol. The highest BCUT2D eigenvalue weighted by molar-refractivity contribution is 8.00. The van der Waals surface area contributed by atoms with E-state index in [1.165, 1.54) is 13.1 Å². The zero-order valence-corrected chi connectivity index (χ0v) is 20.3. The summed E-state index contributed by atoms with van der Waals surface area (Å²) in [7, 11) is 0. The fourth-order valence-corrected chi connectivity index (χ4v) is 3.80. The lowest BCUT2D eigenvalue weighted by molar-refractivity contribution is -0.123. The molecule has 7 nitrogen and oxygen atoms in total. The smallest absolute Gasteiger partial charge is 0.341 e. The number of ether oxygens (including phenoxy) is 1. The second-order valence-corrected chi connectivity index (χ2v) is 9.20.